The van der Waals surface area contributed by atoms with Crippen molar-refractivity contribution in [2.24, 2.45) is 0 Å². The van der Waals surface area contributed by atoms with Crippen molar-refractivity contribution in [1.29, 1.82) is 0 Å². The van der Waals surface area contributed by atoms with Crippen molar-refractivity contribution in [2.45, 2.75) is 45.6 Å². The zero-order chi connectivity index (χ0) is 11.1. The van der Waals surface area contributed by atoms with Crippen molar-refractivity contribution >= 4 is 11.6 Å². The van der Waals surface area contributed by atoms with Crippen LogP contribution < -0.4 is 0 Å². The maximum Gasteiger partial charge on any atom is 0.0622 e. The predicted octanol–water partition coefficient (Wildman–Crippen LogP) is 3.70. The molecular formula is C13H20ClN. The molecule has 1 atom stereocenters. The van der Waals surface area contributed by atoms with Crippen molar-refractivity contribution < 1.29 is 0 Å². The first-order valence-electron chi connectivity index (χ1n) is 5.89. The third kappa shape index (κ3) is 1.66. The van der Waals surface area contributed by atoms with Gasteiger partial charge in [-0.05, 0) is 51.3 Å². The number of hydrogen-bond acceptors (Lipinski definition) is 1. The lowest BCUT2D eigenvalue weighted by molar-refractivity contribution is 0.264. The van der Waals surface area contributed by atoms with Crippen LogP contribution in [-0.4, -0.2) is 23.5 Å². The van der Waals surface area contributed by atoms with Crippen LogP contribution in [0.5, 0.6) is 0 Å². The van der Waals surface area contributed by atoms with Crippen LogP contribution in [-0.2, 0) is 0 Å². The van der Waals surface area contributed by atoms with Gasteiger partial charge in [0.25, 0.3) is 0 Å². The molecule has 0 aliphatic carbocycles. The first-order valence-corrected chi connectivity index (χ1v) is 6.27. The van der Waals surface area contributed by atoms with E-state index in [1.54, 1.807) is 0 Å². The Labute approximate surface area is 97.8 Å². The second-order valence-corrected chi connectivity index (χ2v) is 5.28. The number of hydrogen-bond donors (Lipinski definition) is 0. The fourth-order valence-electron chi connectivity index (χ4n) is 2.95. The zero-order valence-corrected chi connectivity index (χ0v) is 10.7. The van der Waals surface area contributed by atoms with Crippen LogP contribution >= 0.6 is 11.6 Å². The smallest absolute Gasteiger partial charge is 0.0622 e. The molecule has 2 rings (SSSR count). The number of allylic oxidation sites excluding steroid dienone is 1. The zero-order valence-electron chi connectivity index (χ0n) is 9.94. The normalized spacial score (nSPS) is 32.7. The molecule has 15 heavy (non-hydrogen) atoms. The van der Waals surface area contributed by atoms with Crippen LogP contribution in [0.15, 0.2) is 22.3 Å². The lowest BCUT2D eigenvalue weighted by atomic mass is 9.88. The lowest BCUT2D eigenvalue weighted by Gasteiger charge is -2.31. The van der Waals surface area contributed by atoms with E-state index in [1.807, 2.05) is 0 Å². The SMILES string of the molecule is CC/C(Cl)=C/C12CCCN1CC(C)=C2C. The molecule has 0 aromatic carbocycles. The molecule has 0 amide bonds. The average molecular weight is 226 g/mol. The Kier molecular flexibility index (Phi) is 2.96. The van der Waals surface area contributed by atoms with Gasteiger partial charge < -0.3 is 0 Å². The minimum Gasteiger partial charge on any atom is -0.287 e. The van der Waals surface area contributed by atoms with Crippen molar-refractivity contribution in [1.82, 2.24) is 4.90 Å². The maximum absolute atomic E-state index is 6.23. The standard InChI is InChI=1S/C13H20ClN/c1-4-12(14)8-13-6-5-7-15(13)9-10(2)11(13)3/h8H,4-7,9H2,1-3H3/b12-8-. The van der Waals surface area contributed by atoms with E-state index < -0.39 is 0 Å². The quantitative estimate of drug-likeness (QED) is 0.648. The van der Waals surface area contributed by atoms with Crippen LogP contribution in [0.4, 0.5) is 0 Å². The number of rotatable bonds is 2. The number of fused-ring (bicyclic) bond motifs is 1. The van der Waals surface area contributed by atoms with Gasteiger partial charge >= 0.3 is 0 Å². The molecule has 0 bridgehead atoms. The maximum atomic E-state index is 6.23. The van der Waals surface area contributed by atoms with Gasteiger partial charge in [-0.3, -0.25) is 4.90 Å². The van der Waals surface area contributed by atoms with Crippen LogP contribution in [0.1, 0.15) is 40.0 Å². The highest BCUT2D eigenvalue weighted by atomic mass is 35.5. The summed E-state index contributed by atoms with van der Waals surface area (Å²) in [6.07, 6.45) is 5.79. The van der Waals surface area contributed by atoms with Crippen LogP contribution in [0.3, 0.4) is 0 Å². The van der Waals surface area contributed by atoms with Crippen LogP contribution in [0.2, 0.25) is 0 Å². The van der Waals surface area contributed by atoms with E-state index in [9.17, 15) is 0 Å². The Morgan fingerprint density at radius 3 is 2.93 bits per heavy atom. The number of nitrogens with zero attached hydrogens (tertiary/aromatic N) is 1. The van der Waals surface area contributed by atoms with E-state index in [-0.39, 0.29) is 5.54 Å². The molecule has 84 valence electrons. The van der Waals surface area contributed by atoms with E-state index >= 15 is 0 Å². The highest BCUT2D eigenvalue weighted by molar-refractivity contribution is 6.29. The largest absolute Gasteiger partial charge is 0.287 e. The van der Waals surface area contributed by atoms with Crippen molar-refractivity contribution in [3.8, 4) is 0 Å². The molecule has 2 aliphatic heterocycles. The molecule has 0 saturated carbocycles. The Morgan fingerprint density at radius 2 is 2.27 bits per heavy atom. The molecule has 0 aromatic heterocycles. The van der Waals surface area contributed by atoms with Gasteiger partial charge in [-0.2, -0.15) is 0 Å². The van der Waals surface area contributed by atoms with E-state index in [1.165, 1.54) is 30.5 Å². The Hall–Kier alpha value is -0.270. The van der Waals surface area contributed by atoms with Gasteiger partial charge in [-0.25, -0.2) is 0 Å². The summed E-state index contributed by atoms with van der Waals surface area (Å²) in [7, 11) is 0. The van der Waals surface area contributed by atoms with E-state index in [2.05, 4.69) is 31.7 Å². The summed E-state index contributed by atoms with van der Waals surface area (Å²) in [5, 5.41) is 1.01. The van der Waals surface area contributed by atoms with Gasteiger partial charge in [-0.15, -0.1) is 0 Å². The second kappa shape index (κ2) is 3.95. The molecule has 0 aromatic rings. The molecule has 0 radical (unpaired) electrons. The monoisotopic (exact) mass is 225 g/mol. The second-order valence-electron chi connectivity index (χ2n) is 4.80. The lowest BCUT2D eigenvalue weighted by Crippen LogP contribution is -2.38. The topological polar surface area (TPSA) is 3.24 Å². The molecule has 0 spiro atoms. The van der Waals surface area contributed by atoms with Crippen molar-refractivity contribution in [2.75, 3.05) is 13.1 Å². The van der Waals surface area contributed by atoms with Gasteiger partial charge in [-0.1, -0.05) is 24.1 Å². The molecule has 2 aliphatic rings. The number of halogens is 1. The predicted molar refractivity (Wildman–Crippen MR) is 66.1 cm³/mol. The summed E-state index contributed by atoms with van der Waals surface area (Å²) in [5.74, 6) is 0. The highest BCUT2D eigenvalue weighted by Gasteiger charge is 2.45. The van der Waals surface area contributed by atoms with Crippen molar-refractivity contribution in [3.05, 3.63) is 22.3 Å². The molecular weight excluding hydrogens is 206 g/mol. The first-order chi connectivity index (χ1) is 7.10. The van der Waals surface area contributed by atoms with E-state index in [0.717, 1.165) is 18.0 Å². The third-order valence-electron chi connectivity index (χ3n) is 4.00. The molecule has 1 saturated heterocycles. The van der Waals surface area contributed by atoms with Gasteiger partial charge in [0.2, 0.25) is 0 Å². The Morgan fingerprint density at radius 1 is 1.53 bits per heavy atom. The fourth-order valence-corrected chi connectivity index (χ4v) is 3.13. The Balaban J connectivity index is 2.38. The van der Waals surface area contributed by atoms with Crippen molar-refractivity contribution in [3.63, 3.8) is 0 Å². The van der Waals surface area contributed by atoms with Gasteiger partial charge in [0.15, 0.2) is 0 Å². The van der Waals surface area contributed by atoms with E-state index in [4.69, 9.17) is 11.6 Å². The highest BCUT2D eigenvalue weighted by Crippen LogP contribution is 2.44. The summed E-state index contributed by atoms with van der Waals surface area (Å²) >= 11 is 6.23. The molecule has 1 unspecified atom stereocenters. The molecule has 2 heterocycles. The minimum atomic E-state index is 0.178. The van der Waals surface area contributed by atoms with Gasteiger partial charge in [0.1, 0.15) is 0 Å². The third-order valence-corrected chi connectivity index (χ3v) is 4.38. The molecule has 0 N–H and O–H groups in total. The average Bonchev–Trinajstić information content (AvgIpc) is 2.69. The molecule has 1 nitrogen and oxygen atoms in total. The summed E-state index contributed by atoms with van der Waals surface area (Å²) in [4.78, 5) is 2.58. The minimum absolute atomic E-state index is 0.178. The summed E-state index contributed by atoms with van der Waals surface area (Å²) in [6.45, 7) is 9.00. The van der Waals surface area contributed by atoms with Crippen LogP contribution in [0.25, 0.3) is 0 Å². The Bertz CT molecular complexity index is 329. The summed E-state index contributed by atoms with van der Waals surface area (Å²) < 4.78 is 0. The first kappa shape index (κ1) is 11.2. The molecule has 1 fully saturated rings. The van der Waals surface area contributed by atoms with Gasteiger partial charge in [0, 0.05) is 11.6 Å². The fraction of sp³-hybridized carbons (Fsp3) is 0.692. The van der Waals surface area contributed by atoms with E-state index in [0.29, 0.717) is 0 Å². The summed E-state index contributed by atoms with van der Waals surface area (Å²) in [6, 6.07) is 0. The summed E-state index contributed by atoms with van der Waals surface area (Å²) in [5.41, 5.74) is 3.25. The van der Waals surface area contributed by atoms with Gasteiger partial charge in [0.05, 0.1) is 5.54 Å². The molecule has 2 heteroatoms. The van der Waals surface area contributed by atoms with Crippen LogP contribution in [0, 0.1) is 0 Å².